The fourth-order valence-corrected chi connectivity index (χ4v) is 1.58. The van der Waals surface area contributed by atoms with Crippen LogP contribution in [0.5, 0.6) is 0 Å². The first-order valence-electron chi connectivity index (χ1n) is 4.89. The number of aliphatic imine (C=N–C) groups is 1. The molecule has 0 fully saturated rings. The van der Waals surface area contributed by atoms with Gasteiger partial charge in [-0.2, -0.15) is 0 Å². The summed E-state index contributed by atoms with van der Waals surface area (Å²) in [4.78, 5) is 6.36. The molecule has 76 valence electrons. The van der Waals surface area contributed by atoms with E-state index in [1.807, 2.05) is 0 Å². The van der Waals surface area contributed by atoms with Gasteiger partial charge in [-0.15, -0.1) is 0 Å². The van der Waals surface area contributed by atoms with Gasteiger partial charge in [-0.3, -0.25) is 4.90 Å². The smallest absolute Gasteiger partial charge is 0.0584 e. The molecule has 0 saturated heterocycles. The average Bonchev–Trinajstić information content (AvgIpc) is 2.02. The summed E-state index contributed by atoms with van der Waals surface area (Å²) in [6, 6.07) is 1.22. The summed E-state index contributed by atoms with van der Waals surface area (Å²) in [7, 11) is 0. The van der Waals surface area contributed by atoms with Gasteiger partial charge in [-0.05, 0) is 46.3 Å². The predicted octanol–water partition coefficient (Wildman–Crippen LogP) is 2.60. The first-order chi connectivity index (χ1) is 6.09. The molecule has 0 aromatic rings. The van der Waals surface area contributed by atoms with Crippen molar-refractivity contribution >= 4 is 17.4 Å². The summed E-state index contributed by atoms with van der Waals surface area (Å²) in [5.74, 6) is 0. The van der Waals surface area contributed by atoms with Gasteiger partial charge in [0.2, 0.25) is 0 Å². The van der Waals surface area contributed by atoms with Crippen molar-refractivity contribution in [2.24, 2.45) is 4.99 Å². The van der Waals surface area contributed by atoms with Crippen LogP contribution in [-0.2, 0) is 0 Å². The minimum atomic E-state index is 0.608. The predicted molar refractivity (Wildman–Crippen MR) is 61.5 cm³/mol. The highest BCUT2D eigenvalue weighted by molar-refractivity contribution is 7.78. The molecule has 0 bridgehead atoms. The van der Waals surface area contributed by atoms with E-state index >= 15 is 0 Å². The van der Waals surface area contributed by atoms with E-state index in [2.05, 4.69) is 55.0 Å². The van der Waals surface area contributed by atoms with Crippen molar-refractivity contribution in [1.29, 1.82) is 0 Å². The van der Waals surface area contributed by atoms with E-state index in [4.69, 9.17) is 0 Å². The molecule has 0 N–H and O–H groups in total. The van der Waals surface area contributed by atoms with Gasteiger partial charge in [-0.1, -0.05) is 0 Å². The first-order valence-corrected chi connectivity index (χ1v) is 5.29. The number of thiocarbonyl (C=S) groups is 1. The molecule has 0 rings (SSSR count). The van der Waals surface area contributed by atoms with Crippen LogP contribution in [0.2, 0.25) is 0 Å². The molecule has 13 heavy (non-hydrogen) atoms. The standard InChI is InChI=1S/C10H20N2S/c1-9(2)12(10(3)4)7-5-6-11-8-13/h9-10H,5-7H2,1-4H3. The number of nitrogens with zero attached hydrogens (tertiary/aromatic N) is 2. The second-order valence-corrected chi connectivity index (χ2v) is 3.93. The third-order valence-electron chi connectivity index (χ3n) is 2.08. The highest BCUT2D eigenvalue weighted by Gasteiger charge is 2.11. The Morgan fingerprint density at radius 2 is 1.77 bits per heavy atom. The zero-order valence-corrected chi connectivity index (χ0v) is 9.90. The summed E-state index contributed by atoms with van der Waals surface area (Å²) in [6.45, 7) is 10.8. The van der Waals surface area contributed by atoms with Crippen molar-refractivity contribution < 1.29 is 0 Å². The summed E-state index contributed by atoms with van der Waals surface area (Å²) in [5.41, 5.74) is 0. The summed E-state index contributed by atoms with van der Waals surface area (Å²) in [5, 5.41) is 2.39. The van der Waals surface area contributed by atoms with Crippen molar-refractivity contribution in [2.75, 3.05) is 13.1 Å². The van der Waals surface area contributed by atoms with Gasteiger partial charge >= 0.3 is 0 Å². The molecule has 0 aliphatic carbocycles. The van der Waals surface area contributed by atoms with Crippen molar-refractivity contribution in [3.05, 3.63) is 0 Å². The van der Waals surface area contributed by atoms with Crippen LogP contribution in [0.15, 0.2) is 4.99 Å². The van der Waals surface area contributed by atoms with Gasteiger partial charge in [0, 0.05) is 18.6 Å². The van der Waals surface area contributed by atoms with E-state index < -0.39 is 0 Å². The van der Waals surface area contributed by atoms with Crippen molar-refractivity contribution in [1.82, 2.24) is 4.90 Å². The topological polar surface area (TPSA) is 15.6 Å². The molecule has 0 aromatic carbocycles. The molecule has 0 saturated carbocycles. The normalized spacial score (nSPS) is 11.0. The molecule has 0 aliphatic heterocycles. The number of isothiocyanates is 1. The lowest BCUT2D eigenvalue weighted by Gasteiger charge is -2.30. The van der Waals surface area contributed by atoms with E-state index in [9.17, 15) is 0 Å². The SMILES string of the molecule is CC(C)N(CCCN=C=S)C(C)C. The van der Waals surface area contributed by atoms with E-state index in [1.54, 1.807) is 0 Å². The third kappa shape index (κ3) is 5.92. The van der Waals surface area contributed by atoms with E-state index in [-0.39, 0.29) is 0 Å². The summed E-state index contributed by atoms with van der Waals surface area (Å²) >= 11 is 4.50. The van der Waals surface area contributed by atoms with Gasteiger partial charge in [-0.25, -0.2) is 4.99 Å². The van der Waals surface area contributed by atoms with Crippen LogP contribution >= 0.6 is 12.2 Å². The Morgan fingerprint density at radius 3 is 2.15 bits per heavy atom. The first kappa shape index (κ1) is 12.8. The monoisotopic (exact) mass is 200 g/mol. The van der Waals surface area contributed by atoms with Crippen molar-refractivity contribution in [3.8, 4) is 0 Å². The maximum atomic E-state index is 4.50. The Morgan fingerprint density at radius 1 is 1.23 bits per heavy atom. The van der Waals surface area contributed by atoms with E-state index in [1.165, 1.54) is 0 Å². The van der Waals surface area contributed by atoms with Gasteiger partial charge in [0.1, 0.15) is 0 Å². The Balaban J connectivity index is 3.76. The van der Waals surface area contributed by atoms with Gasteiger partial charge in [0.15, 0.2) is 0 Å². The lowest BCUT2D eigenvalue weighted by molar-refractivity contribution is 0.174. The average molecular weight is 200 g/mol. The lowest BCUT2D eigenvalue weighted by atomic mass is 10.2. The van der Waals surface area contributed by atoms with Gasteiger partial charge in [0.25, 0.3) is 0 Å². The Bertz CT molecular complexity index is 164. The molecule has 0 radical (unpaired) electrons. The zero-order chi connectivity index (χ0) is 10.3. The van der Waals surface area contributed by atoms with Crippen LogP contribution in [-0.4, -0.2) is 35.2 Å². The van der Waals surface area contributed by atoms with Gasteiger partial charge in [0.05, 0.1) is 11.7 Å². The second-order valence-electron chi connectivity index (χ2n) is 3.75. The van der Waals surface area contributed by atoms with Crippen LogP contribution in [0.4, 0.5) is 0 Å². The Labute approximate surface area is 87.0 Å². The third-order valence-corrected chi connectivity index (χ3v) is 2.21. The Kier molecular flexibility index (Phi) is 7.06. The molecule has 0 unspecified atom stereocenters. The Hall–Kier alpha value is -0.240. The lowest BCUT2D eigenvalue weighted by Crippen LogP contribution is -2.37. The van der Waals surface area contributed by atoms with Crippen LogP contribution in [0.3, 0.4) is 0 Å². The molecule has 0 atom stereocenters. The maximum absolute atomic E-state index is 4.50. The molecule has 0 amide bonds. The van der Waals surface area contributed by atoms with Crippen LogP contribution in [0.25, 0.3) is 0 Å². The number of rotatable bonds is 6. The van der Waals surface area contributed by atoms with Crippen molar-refractivity contribution in [2.45, 2.75) is 46.2 Å². The molecular weight excluding hydrogens is 180 g/mol. The molecule has 0 spiro atoms. The molecule has 2 nitrogen and oxygen atoms in total. The van der Waals surface area contributed by atoms with Crippen molar-refractivity contribution in [3.63, 3.8) is 0 Å². The van der Waals surface area contributed by atoms with E-state index in [0.717, 1.165) is 19.5 Å². The molecule has 3 heteroatoms. The highest BCUT2D eigenvalue weighted by atomic mass is 32.1. The quantitative estimate of drug-likeness (QED) is 0.372. The molecular formula is C10H20N2S. The maximum Gasteiger partial charge on any atom is 0.0584 e. The minimum absolute atomic E-state index is 0.608. The molecule has 0 heterocycles. The number of hydrogen-bond donors (Lipinski definition) is 0. The molecule has 0 aliphatic rings. The number of hydrogen-bond acceptors (Lipinski definition) is 3. The zero-order valence-electron chi connectivity index (χ0n) is 9.08. The fourth-order valence-electron chi connectivity index (χ4n) is 1.49. The minimum Gasteiger partial charge on any atom is -0.298 e. The fraction of sp³-hybridized carbons (Fsp3) is 0.900. The summed E-state index contributed by atoms with van der Waals surface area (Å²) < 4.78 is 0. The molecule has 0 aromatic heterocycles. The second kappa shape index (κ2) is 7.19. The van der Waals surface area contributed by atoms with E-state index in [0.29, 0.717) is 12.1 Å². The van der Waals surface area contributed by atoms with Crippen LogP contribution in [0, 0.1) is 0 Å². The van der Waals surface area contributed by atoms with Crippen LogP contribution in [0.1, 0.15) is 34.1 Å². The highest BCUT2D eigenvalue weighted by Crippen LogP contribution is 2.05. The largest absolute Gasteiger partial charge is 0.298 e. The van der Waals surface area contributed by atoms with Crippen LogP contribution < -0.4 is 0 Å². The summed E-state index contributed by atoms with van der Waals surface area (Å²) in [6.07, 6.45) is 1.07. The van der Waals surface area contributed by atoms with Gasteiger partial charge < -0.3 is 0 Å².